The van der Waals surface area contributed by atoms with Crippen LogP contribution in [0.4, 0.5) is 10.2 Å². The van der Waals surface area contributed by atoms with Crippen LogP contribution >= 0.6 is 0 Å². The maximum absolute atomic E-state index is 16.6. The molecule has 3 unspecified atom stereocenters. The smallest absolute Gasteiger partial charge is 0.157 e. The van der Waals surface area contributed by atoms with Crippen molar-refractivity contribution in [3.05, 3.63) is 60.7 Å². The number of nitrogens with zero attached hydrogens (tertiary/aromatic N) is 5. The van der Waals surface area contributed by atoms with E-state index in [-0.39, 0.29) is 11.6 Å². The number of fused-ring (bicyclic) bond motifs is 5. The number of pyridine rings is 1. The lowest BCUT2D eigenvalue weighted by molar-refractivity contribution is 0.225. The van der Waals surface area contributed by atoms with E-state index in [1.165, 1.54) is 6.42 Å². The Kier molecular flexibility index (Phi) is 4.61. The Morgan fingerprint density at radius 1 is 1.03 bits per heavy atom. The first-order valence-corrected chi connectivity index (χ1v) is 13.3. The molecule has 1 aliphatic carbocycles. The van der Waals surface area contributed by atoms with Gasteiger partial charge in [-0.2, -0.15) is 0 Å². The summed E-state index contributed by atoms with van der Waals surface area (Å²) in [6.45, 7) is 2.69. The van der Waals surface area contributed by atoms with Crippen LogP contribution in [-0.4, -0.2) is 70.4 Å². The zero-order chi connectivity index (χ0) is 25.7. The lowest BCUT2D eigenvalue weighted by Gasteiger charge is -2.43. The standard InChI is InChI=1S/C30H29FN6O/c1-35(2)18-13-36(14-18)30-27-29(37(15-33-27)28-17-10-24(28)32-12-17)22-8-7-21(25(31)26(22)34-30)23-11-19(38)9-16-5-3-4-6-20(16)23/h3-9,11,15,17-18,24,28,32,38H,10,12-14H2,1-2H3. The Labute approximate surface area is 219 Å². The van der Waals surface area contributed by atoms with Crippen molar-refractivity contribution < 1.29 is 9.50 Å². The highest BCUT2D eigenvalue weighted by molar-refractivity contribution is 6.09. The SMILES string of the molecule is CN(C)C1CN(c2nc3c(F)c(-c4cc(O)cc5ccccc45)ccc3c3c2ncn3C2C3CNC2C3)C1. The molecule has 2 N–H and O–H groups in total. The van der Waals surface area contributed by atoms with Crippen molar-refractivity contribution >= 4 is 38.5 Å². The summed E-state index contributed by atoms with van der Waals surface area (Å²) in [6.07, 6.45) is 3.11. The number of hydrogen-bond acceptors (Lipinski definition) is 6. The number of rotatable bonds is 4. The van der Waals surface area contributed by atoms with Crippen molar-refractivity contribution in [3.8, 4) is 16.9 Å². The van der Waals surface area contributed by atoms with Crippen molar-refractivity contribution in [2.75, 3.05) is 38.6 Å². The Bertz CT molecular complexity index is 1740. The third kappa shape index (κ3) is 3.01. The molecule has 2 bridgehead atoms. The molecule has 9 rings (SSSR count). The second kappa shape index (κ2) is 7.88. The highest BCUT2D eigenvalue weighted by Gasteiger charge is 2.48. The Morgan fingerprint density at radius 2 is 1.87 bits per heavy atom. The molecule has 4 aliphatic rings. The molecule has 1 saturated carbocycles. The average Bonchev–Trinajstić information content (AvgIpc) is 3.60. The van der Waals surface area contributed by atoms with Crippen LogP contribution in [0.25, 0.3) is 43.8 Å². The number of aromatic hydroxyl groups is 1. The molecule has 8 heteroatoms. The van der Waals surface area contributed by atoms with E-state index in [2.05, 4.69) is 33.8 Å². The summed E-state index contributed by atoms with van der Waals surface area (Å²) in [5.41, 5.74) is 3.26. The second-order valence-corrected chi connectivity index (χ2v) is 11.3. The summed E-state index contributed by atoms with van der Waals surface area (Å²) >= 11 is 0. The van der Waals surface area contributed by atoms with Gasteiger partial charge in [-0.1, -0.05) is 30.3 Å². The molecule has 4 fully saturated rings. The van der Waals surface area contributed by atoms with E-state index >= 15 is 4.39 Å². The third-order valence-electron chi connectivity index (χ3n) is 9.04. The van der Waals surface area contributed by atoms with Crippen LogP contribution in [-0.2, 0) is 0 Å². The van der Waals surface area contributed by atoms with Crippen molar-refractivity contribution in [2.24, 2.45) is 5.92 Å². The first-order chi connectivity index (χ1) is 18.5. The summed E-state index contributed by atoms with van der Waals surface area (Å²) in [6, 6.07) is 16.1. The zero-order valence-electron chi connectivity index (χ0n) is 21.4. The first-order valence-electron chi connectivity index (χ1n) is 13.3. The molecule has 38 heavy (non-hydrogen) atoms. The van der Waals surface area contributed by atoms with Crippen molar-refractivity contribution in [1.29, 1.82) is 0 Å². The number of benzene rings is 3. The summed E-state index contributed by atoms with van der Waals surface area (Å²) < 4.78 is 18.9. The minimum absolute atomic E-state index is 0.114. The summed E-state index contributed by atoms with van der Waals surface area (Å²) in [5, 5.41) is 16.6. The first kappa shape index (κ1) is 22.3. The van der Waals surface area contributed by atoms with Crippen LogP contribution in [0.1, 0.15) is 12.5 Å². The molecule has 192 valence electrons. The minimum atomic E-state index is -0.367. The van der Waals surface area contributed by atoms with Crippen molar-refractivity contribution in [2.45, 2.75) is 24.5 Å². The number of likely N-dealkylation sites (N-methyl/N-ethyl adjacent to an activating group) is 1. The lowest BCUT2D eigenvalue weighted by atomic mass is 9.80. The molecule has 5 aromatic rings. The van der Waals surface area contributed by atoms with Gasteiger partial charge in [-0.3, -0.25) is 0 Å². The number of phenols is 1. The highest BCUT2D eigenvalue weighted by atomic mass is 19.1. The van der Waals surface area contributed by atoms with E-state index in [4.69, 9.17) is 9.97 Å². The van der Waals surface area contributed by atoms with Crippen LogP contribution < -0.4 is 10.2 Å². The topological polar surface area (TPSA) is 69.5 Å². The predicted octanol–water partition coefficient (Wildman–Crippen LogP) is 4.53. The van der Waals surface area contributed by atoms with Gasteiger partial charge < -0.3 is 24.8 Å². The molecule has 0 amide bonds. The molecular weight excluding hydrogens is 479 g/mol. The molecule has 3 atom stereocenters. The monoisotopic (exact) mass is 508 g/mol. The average molecular weight is 509 g/mol. The van der Waals surface area contributed by atoms with Crippen LogP contribution in [0.15, 0.2) is 54.9 Å². The number of aromatic nitrogens is 3. The molecular formula is C30H29FN6O. The van der Waals surface area contributed by atoms with E-state index in [1.807, 2.05) is 42.7 Å². The third-order valence-corrected chi connectivity index (χ3v) is 9.04. The predicted molar refractivity (Wildman–Crippen MR) is 148 cm³/mol. The molecule has 3 saturated heterocycles. The second-order valence-electron chi connectivity index (χ2n) is 11.3. The number of imidazole rings is 1. The molecule has 7 nitrogen and oxygen atoms in total. The van der Waals surface area contributed by atoms with Crippen LogP contribution in [0.3, 0.4) is 0 Å². The van der Waals surface area contributed by atoms with Gasteiger partial charge in [0.1, 0.15) is 16.8 Å². The normalized spacial score (nSPS) is 23.1. The summed E-state index contributed by atoms with van der Waals surface area (Å²) in [7, 11) is 4.18. The number of phenolic OH excluding ortho intramolecular Hbond substituents is 1. The van der Waals surface area contributed by atoms with Crippen molar-refractivity contribution in [3.63, 3.8) is 0 Å². The fourth-order valence-electron chi connectivity index (χ4n) is 6.81. The van der Waals surface area contributed by atoms with Gasteiger partial charge in [0.15, 0.2) is 11.6 Å². The van der Waals surface area contributed by atoms with Gasteiger partial charge in [-0.25, -0.2) is 14.4 Å². The van der Waals surface area contributed by atoms with Gasteiger partial charge in [-0.15, -0.1) is 0 Å². The number of anilines is 1. The Hall–Kier alpha value is -3.75. The lowest BCUT2D eigenvalue weighted by Crippen LogP contribution is -2.57. The number of nitrogens with one attached hydrogen (secondary N) is 1. The van der Waals surface area contributed by atoms with Gasteiger partial charge in [0.05, 0.1) is 17.9 Å². The van der Waals surface area contributed by atoms with Gasteiger partial charge in [0, 0.05) is 42.7 Å². The van der Waals surface area contributed by atoms with E-state index in [0.29, 0.717) is 40.7 Å². The molecule has 3 aromatic carbocycles. The van der Waals surface area contributed by atoms with E-state index < -0.39 is 0 Å². The molecule has 2 aromatic heterocycles. The van der Waals surface area contributed by atoms with Crippen LogP contribution in [0, 0.1) is 11.7 Å². The fourth-order valence-corrected chi connectivity index (χ4v) is 6.81. The highest BCUT2D eigenvalue weighted by Crippen LogP contribution is 2.47. The Balaban J connectivity index is 1.37. The largest absolute Gasteiger partial charge is 0.508 e. The molecule has 3 aliphatic heterocycles. The van der Waals surface area contributed by atoms with Gasteiger partial charge >= 0.3 is 0 Å². The zero-order valence-corrected chi connectivity index (χ0v) is 21.4. The van der Waals surface area contributed by atoms with Gasteiger partial charge in [0.25, 0.3) is 0 Å². The maximum Gasteiger partial charge on any atom is 0.157 e. The minimum Gasteiger partial charge on any atom is -0.508 e. The quantitative estimate of drug-likeness (QED) is 0.372. The number of hydrogen-bond donors (Lipinski definition) is 2. The molecule has 5 heterocycles. The van der Waals surface area contributed by atoms with Gasteiger partial charge in [-0.05, 0) is 61.0 Å². The molecule has 0 spiro atoms. The Morgan fingerprint density at radius 3 is 2.63 bits per heavy atom. The summed E-state index contributed by atoms with van der Waals surface area (Å²) in [5.74, 6) is 1.08. The van der Waals surface area contributed by atoms with Crippen molar-refractivity contribution in [1.82, 2.24) is 24.8 Å². The van der Waals surface area contributed by atoms with E-state index in [0.717, 1.165) is 52.6 Å². The van der Waals surface area contributed by atoms with Crippen LogP contribution in [0.5, 0.6) is 5.75 Å². The maximum atomic E-state index is 16.6. The van der Waals surface area contributed by atoms with E-state index in [9.17, 15) is 5.11 Å². The summed E-state index contributed by atoms with van der Waals surface area (Å²) in [4.78, 5) is 14.3. The molecule has 0 radical (unpaired) electrons. The van der Waals surface area contributed by atoms with E-state index in [1.54, 1.807) is 12.1 Å². The number of halogens is 1. The van der Waals surface area contributed by atoms with Crippen LogP contribution in [0.2, 0.25) is 0 Å². The van der Waals surface area contributed by atoms with Gasteiger partial charge in [0.2, 0.25) is 0 Å². The fraction of sp³-hybridized carbons (Fsp3) is 0.333.